The summed E-state index contributed by atoms with van der Waals surface area (Å²) >= 11 is 0. The van der Waals surface area contributed by atoms with Crippen LogP contribution in [0.25, 0.3) is 0 Å². The summed E-state index contributed by atoms with van der Waals surface area (Å²) in [5, 5.41) is 3.34. The molecule has 0 spiro atoms. The van der Waals surface area contributed by atoms with Crippen LogP contribution in [0.15, 0.2) is 36.5 Å². The molecule has 0 bridgehead atoms. The lowest BCUT2D eigenvalue weighted by atomic mass is 9.98. The quantitative estimate of drug-likeness (QED) is 0.913. The van der Waals surface area contributed by atoms with E-state index < -0.39 is 0 Å². The van der Waals surface area contributed by atoms with Crippen LogP contribution >= 0.6 is 0 Å². The minimum Gasteiger partial charge on any atom is -0.496 e. The zero-order chi connectivity index (χ0) is 13.8. The monoisotopic (exact) mass is 256 g/mol. The van der Waals surface area contributed by atoms with Gasteiger partial charge in [-0.15, -0.1) is 0 Å². The maximum Gasteiger partial charge on any atom is 0.121 e. The van der Waals surface area contributed by atoms with E-state index in [0.717, 1.165) is 22.6 Å². The van der Waals surface area contributed by atoms with Crippen LogP contribution in [0.5, 0.6) is 5.75 Å². The fraction of sp³-hybridized carbons (Fsp3) is 0.312. The Labute approximate surface area is 114 Å². The highest BCUT2D eigenvalue weighted by Gasteiger charge is 2.13. The van der Waals surface area contributed by atoms with Gasteiger partial charge in [0.2, 0.25) is 0 Å². The summed E-state index contributed by atoms with van der Waals surface area (Å²) in [7, 11) is 3.66. The van der Waals surface area contributed by atoms with Gasteiger partial charge in [-0.05, 0) is 49.7 Å². The first kappa shape index (κ1) is 13.6. The second-order valence-corrected chi connectivity index (χ2v) is 4.68. The molecule has 3 heteroatoms. The first-order chi connectivity index (χ1) is 9.15. The predicted molar refractivity (Wildman–Crippen MR) is 77.6 cm³/mol. The minimum absolute atomic E-state index is 0.151. The van der Waals surface area contributed by atoms with E-state index in [1.165, 1.54) is 5.56 Å². The number of nitrogens with zero attached hydrogens (tertiary/aromatic N) is 1. The minimum atomic E-state index is 0.151. The van der Waals surface area contributed by atoms with Crippen molar-refractivity contribution in [1.29, 1.82) is 0 Å². The molecule has 1 heterocycles. The Kier molecular flexibility index (Phi) is 4.17. The number of methoxy groups -OCH3 is 1. The Bertz CT molecular complexity index is 549. The molecule has 0 aliphatic carbocycles. The SMILES string of the molecule is CNC(c1ccc(C)nc1)c1ccc(OC)c(C)c1. The van der Waals surface area contributed by atoms with Crippen LogP contribution in [0.4, 0.5) is 0 Å². The molecule has 0 radical (unpaired) electrons. The zero-order valence-corrected chi connectivity index (χ0v) is 11.9. The molecule has 0 amide bonds. The fourth-order valence-corrected chi connectivity index (χ4v) is 2.26. The van der Waals surface area contributed by atoms with Crippen LogP contribution in [0.1, 0.15) is 28.4 Å². The number of rotatable bonds is 4. The first-order valence-electron chi connectivity index (χ1n) is 6.40. The van der Waals surface area contributed by atoms with Crippen molar-refractivity contribution in [2.45, 2.75) is 19.9 Å². The Morgan fingerprint density at radius 3 is 2.37 bits per heavy atom. The van der Waals surface area contributed by atoms with E-state index in [1.807, 2.05) is 32.3 Å². The van der Waals surface area contributed by atoms with Crippen molar-refractivity contribution in [2.75, 3.05) is 14.2 Å². The third kappa shape index (κ3) is 2.93. The molecule has 1 aromatic carbocycles. The summed E-state index contributed by atoms with van der Waals surface area (Å²) in [6.45, 7) is 4.05. The summed E-state index contributed by atoms with van der Waals surface area (Å²) < 4.78 is 5.30. The maximum atomic E-state index is 5.30. The third-order valence-electron chi connectivity index (χ3n) is 3.31. The van der Waals surface area contributed by atoms with Crippen molar-refractivity contribution in [2.24, 2.45) is 0 Å². The predicted octanol–water partition coefficient (Wildman–Crippen LogP) is 3.02. The lowest BCUT2D eigenvalue weighted by Gasteiger charge is -2.18. The van der Waals surface area contributed by atoms with E-state index in [1.54, 1.807) is 7.11 Å². The molecule has 19 heavy (non-hydrogen) atoms. The highest BCUT2D eigenvalue weighted by molar-refractivity contribution is 5.40. The molecule has 0 fully saturated rings. The van der Waals surface area contributed by atoms with Gasteiger partial charge in [0.25, 0.3) is 0 Å². The van der Waals surface area contributed by atoms with Crippen molar-refractivity contribution in [1.82, 2.24) is 10.3 Å². The van der Waals surface area contributed by atoms with E-state index in [-0.39, 0.29) is 6.04 Å². The van der Waals surface area contributed by atoms with Gasteiger partial charge in [0.15, 0.2) is 0 Å². The van der Waals surface area contributed by atoms with Crippen LogP contribution in [0, 0.1) is 13.8 Å². The Hall–Kier alpha value is -1.87. The molecule has 1 N–H and O–H groups in total. The summed E-state index contributed by atoms with van der Waals surface area (Å²) in [6, 6.07) is 10.6. The molecule has 0 aliphatic rings. The molecule has 2 aromatic rings. The molecule has 100 valence electrons. The smallest absolute Gasteiger partial charge is 0.121 e. The van der Waals surface area contributed by atoms with Gasteiger partial charge in [0, 0.05) is 11.9 Å². The molecule has 2 rings (SSSR count). The molecule has 1 unspecified atom stereocenters. The number of aryl methyl sites for hydroxylation is 2. The van der Waals surface area contributed by atoms with E-state index >= 15 is 0 Å². The molecule has 1 atom stereocenters. The van der Waals surface area contributed by atoms with Gasteiger partial charge in [-0.3, -0.25) is 4.98 Å². The average molecular weight is 256 g/mol. The van der Waals surface area contributed by atoms with Crippen molar-refractivity contribution in [3.05, 3.63) is 58.9 Å². The highest BCUT2D eigenvalue weighted by atomic mass is 16.5. The average Bonchev–Trinajstić information content (AvgIpc) is 2.42. The first-order valence-corrected chi connectivity index (χ1v) is 6.40. The Morgan fingerprint density at radius 1 is 1.11 bits per heavy atom. The van der Waals surface area contributed by atoms with Gasteiger partial charge in [-0.25, -0.2) is 0 Å². The number of benzene rings is 1. The largest absolute Gasteiger partial charge is 0.496 e. The van der Waals surface area contributed by atoms with Crippen LogP contribution in [0.3, 0.4) is 0 Å². The molecular formula is C16H20N2O. The van der Waals surface area contributed by atoms with Gasteiger partial charge in [0.05, 0.1) is 13.2 Å². The number of pyridine rings is 1. The fourth-order valence-electron chi connectivity index (χ4n) is 2.26. The highest BCUT2D eigenvalue weighted by Crippen LogP contribution is 2.26. The Morgan fingerprint density at radius 2 is 1.84 bits per heavy atom. The van der Waals surface area contributed by atoms with Gasteiger partial charge in [0.1, 0.15) is 5.75 Å². The molecule has 0 aliphatic heterocycles. The lowest BCUT2D eigenvalue weighted by molar-refractivity contribution is 0.411. The normalized spacial score (nSPS) is 12.2. The third-order valence-corrected chi connectivity index (χ3v) is 3.31. The van der Waals surface area contributed by atoms with Gasteiger partial charge < -0.3 is 10.1 Å². The second-order valence-electron chi connectivity index (χ2n) is 4.68. The van der Waals surface area contributed by atoms with E-state index in [2.05, 4.69) is 35.4 Å². The van der Waals surface area contributed by atoms with Gasteiger partial charge in [-0.2, -0.15) is 0 Å². The molecule has 0 saturated heterocycles. The van der Waals surface area contributed by atoms with Crippen molar-refractivity contribution in [3.63, 3.8) is 0 Å². The summed E-state index contributed by atoms with van der Waals surface area (Å²) in [6.07, 6.45) is 1.93. The molecule has 0 saturated carbocycles. The molecule has 1 aromatic heterocycles. The standard InChI is InChI=1S/C16H20N2O/c1-11-9-13(7-8-15(11)19-4)16(17-3)14-6-5-12(2)18-10-14/h5-10,16-17H,1-4H3. The van der Waals surface area contributed by atoms with Gasteiger partial charge in [-0.1, -0.05) is 18.2 Å². The van der Waals surface area contributed by atoms with Crippen molar-refractivity contribution in [3.8, 4) is 5.75 Å². The lowest BCUT2D eigenvalue weighted by Crippen LogP contribution is -2.18. The summed E-state index contributed by atoms with van der Waals surface area (Å²) in [5.41, 5.74) is 4.55. The Balaban J connectivity index is 2.36. The number of hydrogen-bond acceptors (Lipinski definition) is 3. The van der Waals surface area contributed by atoms with Crippen LogP contribution < -0.4 is 10.1 Å². The van der Waals surface area contributed by atoms with Crippen molar-refractivity contribution < 1.29 is 4.74 Å². The number of ether oxygens (including phenoxy) is 1. The zero-order valence-electron chi connectivity index (χ0n) is 11.9. The summed E-state index contributed by atoms with van der Waals surface area (Å²) in [5.74, 6) is 0.917. The van der Waals surface area contributed by atoms with Crippen LogP contribution in [-0.2, 0) is 0 Å². The number of hydrogen-bond donors (Lipinski definition) is 1. The van der Waals surface area contributed by atoms with Crippen LogP contribution in [-0.4, -0.2) is 19.1 Å². The molecular weight excluding hydrogens is 236 g/mol. The molecule has 3 nitrogen and oxygen atoms in total. The van der Waals surface area contributed by atoms with E-state index in [4.69, 9.17) is 4.74 Å². The van der Waals surface area contributed by atoms with E-state index in [9.17, 15) is 0 Å². The van der Waals surface area contributed by atoms with Crippen molar-refractivity contribution >= 4 is 0 Å². The topological polar surface area (TPSA) is 34.2 Å². The summed E-state index contributed by atoms with van der Waals surface area (Å²) in [4.78, 5) is 4.36. The number of nitrogens with one attached hydrogen (secondary N) is 1. The number of aromatic nitrogens is 1. The second kappa shape index (κ2) is 5.85. The maximum absolute atomic E-state index is 5.30. The van der Waals surface area contributed by atoms with Gasteiger partial charge >= 0.3 is 0 Å². The van der Waals surface area contributed by atoms with E-state index in [0.29, 0.717) is 0 Å². The van der Waals surface area contributed by atoms with Crippen LogP contribution in [0.2, 0.25) is 0 Å².